The minimum atomic E-state index is -0.492. The zero-order valence-corrected chi connectivity index (χ0v) is 28.4. The van der Waals surface area contributed by atoms with Crippen LogP contribution < -0.4 is 24.8 Å². The maximum Gasteiger partial charge on any atom is 4.00 e. The molecule has 0 aliphatic carbocycles. The summed E-state index contributed by atoms with van der Waals surface area (Å²) in [6.07, 6.45) is 0. The van der Waals surface area contributed by atoms with Crippen molar-refractivity contribution in [2.75, 3.05) is 0 Å². The van der Waals surface area contributed by atoms with Gasteiger partial charge >= 0.3 is 25.8 Å². The average molecular weight is 638 g/mol. The van der Waals surface area contributed by atoms with Gasteiger partial charge in [-0.25, -0.2) is 12.1 Å². The number of rotatable bonds is 1. The third-order valence-corrected chi connectivity index (χ3v) is 13.1. The SMILES string of the molecule is C[SiH2][Si](C)(C)C.Cc1cc(C(C)(C)C)c[cH-]1.Cc1cc(C(C)(C)C)c[cH-]1.[Cl-].[Cl-].[Hf+4]. The summed E-state index contributed by atoms with van der Waals surface area (Å²) in [5.41, 5.74) is 6.23. The van der Waals surface area contributed by atoms with Crippen LogP contribution in [0.5, 0.6) is 0 Å². The van der Waals surface area contributed by atoms with Crippen LogP contribution in [0.3, 0.4) is 0 Å². The molecule has 0 radical (unpaired) electrons. The molecule has 0 saturated carbocycles. The molecule has 0 aromatic heterocycles. The summed E-state index contributed by atoms with van der Waals surface area (Å²) in [5, 5.41) is 0. The van der Waals surface area contributed by atoms with Gasteiger partial charge in [0.2, 0.25) is 0 Å². The van der Waals surface area contributed by atoms with E-state index in [-0.39, 0.29) is 50.7 Å². The molecule has 0 atom stereocenters. The van der Waals surface area contributed by atoms with Gasteiger partial charge in [-0.15, -0.1) is 0 Å². The van der Waals surface area contributed by atoms with Crippen LogP contribution in [0.2, 0.25) is 26.2 Å². The zero-order chi connectivity index (χ0) is 20.8. The Morgan fingerprint density at radius 1 is 0.724 bits per heavy atom. The molecule has 0 heterocycles. The second-order valence-electron chi connectivity index (χ2n) is 10.8. The van der Waals surface area contributed by atoms with Gasteiger partial charge in [0, 0.05) is 16.6 Å². The normalized spacial score (nSPS) is 11.2. The number of hydrogen-bond donors (Lipinski definition) is 0. The summed E-state index contributed by atoms with van der Waals surface area (Å²) in [5.74, 6) is 0. The van der Waals surface area contributed by atoms with Crippen LogP contribution >= 0.6 is 0 Å². The van der Waals surface area contributed by atoms with Crippen LogP contribution in [0.1, 0.15) is 63.8 Å². The van der Waals surface area contributed by atoms with Crippen LogP contribution in [0.25, 0.3) is 0 Å². The Kier molecular flexibility index (Phi) is 19.6. The maximum atomic E-state index is 2.44. The molecule has 0 nitrogen and oxygen atoms in total. The van der Waals surface area contributed by atoms with E-state index in [1.807, 2.05) is 0 Å². The summed E-state index contributed by atoms with van der Waals surface area (Å²) >= 11 is 0. The Hall–Kier alpha value is 0.584. The first-order chi connectivity index (χ1) is 11.6. The maximum absolute atomic E-state index is 2.44. The quantitative estimate of drug-likeness (QED) is 0.324. The average Bonchev–Trinajstić information content (AvgIpc) is 3.07. The van der Waals surface area contributed by atoms with E-state index < -0.39 is 7.59 Å². The van der Waals surface area contributed by atoms with Crippen LogP contribution in [0.4, 0.5) is 0 Å². The minimum Gasteiger partial charge on any atom is -1.00 e. The first-order valence-electron chi connectivity index (χ1n) is 10.0. The Morgan fingerprint density at radius 3 is 1.03 bits per heavy atom. The molecule has 0 aliphatic rings. The molecule has 2 rings (SSSR count). The smallest absolute Gasteiger partial charge is 1.00 e. The molecule has 0 unspecified atom stereocenters. The molecule has 2 aromatic carbocycles. The molecule has 166 valence electrons. The van der Waals surface area contributed by atoms with E-state index in [4.69, 9.17) is 0 Å². The fourth-order valence-corrected chi connectivity index (χ4v) is 2.06. The molecule has 0 aliphatic heterocycles. The van der Waals surface area contributed by atoms with Crippen molar-refractivity contribution >= 4 is 16.6 Å². The van der Waals surface area contributed by atoms with Gasteiger partial charge in [0.05, 0.1) is 0 Å². The zero-order valence-electron chi connectivity index (χ0n) is 20.9. The van der Waals surface area contributed by atoms with Gasteiger partial charge in [-0.2, -0.15) is 46.5 Å². The van der Waals surface area contributed by atoms with E-state index in [9.17, 15) is 0 Å². The second kappa shape index (κ2) is 15.4. The molecule has 0 spiro atoms. The Balaban J connectivity index is -0.000000159. The predicted octanol–water partition coefficient (Wildman–Crippen LogP) is 1.07. The number of halogens is 2. The molecular weight excluding hydrogens is 594 g/mol. The Labute approximate surface area is 217 Å². The molecule has 0 saturated heterocycles. The van der Waals surface area contributed by atoms with Crippen LogP contribution in [-0.4, -0.2) is 16.6 Å². The van der Waals surface area contributed by atoms with E-state index in [0.29, 0.717) is 19.9 Å². The molecule has 0 N–H and O–H groups in total. The van der Waals surface area contributed by atoms with Gasteiger partial charge in [-0.3, -0.25) is 0 Å². The molecule has 29 heavy (non-hydrogen) atoms. The summed E-state index contributed by atoms with van der Waals surface area (Å²) in [4.78, 5) is 0. The van der Waals surface area contributed by atoms with E-state index >= 15 is 0 Å². The molecule has 0 bridgehead atoms. The standard InChI is InChI=1S/2C10H15.C4H14Si2.2ClH.Hf/c2*1-8-5-6-9(7-8)10(2,3)4;1-5-6(2,3)4;;;/h2*5-7H,1-4H3;5H2,1-4H3;2*1H;/q2*-1;;;;+4/p-2. The van der Waals surface area contributed by atoms with Gasteiger partial charge in [0.15, 0.2) is 0 Å². The van der Waals surface area contributed by atoms with Crippen molar-refractivity contribution < 1.29 is 50.7 Å². The predicted molar refractivity (Wildman–Crippen MR) is 129 cm³/mol. The topological polar surface area (TPSA) is 0 Å². The monoisotopic (exact) mass is 638 g/mol. The fourth-order valence-electron chi connectivity index (χ4n) is 2.06. The number of aryl methyl sites for hydroxylation is 2. The fraction of sp³-hybridized carbons (Fsp3) is 0.583. The van der Waals surface area contributed by atoms with Crippen molar-refractivity contribution in [2.24, 2.45) is 0 Å². The summed E-state index contributed by atoms with van der Waals surface area (Å²) in [6.45, 7) is 27.4. The summed E-state index contributed by atoms with van der Waals surface area (Å²) in [7, 11) is -0.101. The van der Waals surface area contributed by atoms with Crippen LogP contribution in [0, 0.1) is 13.8 Å². The first kappa shape index (κ1) is 36.9. The van der Waals surface area contributed by atoms with Gasteiger partial charge in [0.25, 0.3) is 0 Å². The van der Waals surface area contributed by atoms with E-state index in [1.165, 1.54) is 22.3 Å². The summed E-state index contributed by atoms with van der Waals surface area (Å²) < 4.78 is 0. The summed E-state index contributed by atoms with van der Waals surface area (Å²) in [6, 6.07) is 13.2. The van der Waals surface area contributed by atoms with Crippen molar-refractivity contribution in [1.82, 2.24) is 0 Å². The van der Waals surface area contributed by atoms with Crippen LogP contribution in [-0.2, 0) is 36.7 Å². The molecule has 0 amide bonds. The van der Waals surface area contributed by atoms with Crippen molar-refractivity contribution in [3.05, 3.63) is 58.7 Å². The van der Waals surface area contributed by atoms with Crippen LogP contribution in [0.15, 0.2) is 36.4 Å². The van der Waals surface area contributed by atoms with Gasteiger partial charge in [0.1, 0.15) is 0 Å². The van der Waals surface area contributed by atoms with Crippen molar-refractivity contribution in [1.29, 1.82) is 0 Å². The van der Waals surface area contributed by atoms with Gasteiger partial charge in [-0.1, -0.05) is 92.4 Å². The first-order valence-corrected chi connectivity index (χ1v) is 17.3. The van der Waals surface area contributed by atoms with Crippen molar-refractivity contribution in [3.63, 3.8) is 0 Å². The van der Waals surface area contributed by atoms with E-state index in [1.54, 1.807) is 0 Å². The van der Waals surface area contributed by atoms with Gasteiger partial charge < -0.3 is 24.8 Å². The van der Waals surface area contributed by atoms with Crippen molar-refractivity contribution in [2.45, 2.75) is 92.4 Å². The third kappa shape index (κ3) is 17.9. The Bertz CT molecular complexity index is 589. The second-order valence-corrected chi connectivity index (χ2v) is 25.1. The van der Waals surface area contributed by atoms with E-state index in [0.717, 1.165) is 0 Å². The number of hydrogen-bond acceptors (Lipinski definition) is 0. The largest absolute Gasteiger partial charge is 4.00 e. The minimum absolute atomic E-state index is 0. The van der Waals surface area contributed by atoms with Crippen molar-refractivity contribution in [3.8, 4) is 0 Å². The van der Waals surface area contributed by atoms with E-state index in [2.05, 4.69) is 118 Å². The molecular formula is C24H44Cl2HfSi2. The molecule has 0 fully saturated rings. The molecule has 2 aromatic rings. The Morgan fingerprint density at radius 2 is 0.966 bits per heavy atom. The van der Waals surface area contributed by atoms with Gasteiger partial charge in [-0.05, 0) is 0 Å². The third-order valence-electron chi connectivity index (χ3n) is 4.61. The molecule has 5 heteroatoms.